The minimum atomic E-state index is -1.12. The van der Waals surface area contributed by atoms with Crippen LogP contribution in [0.25, 0.3) is 10.9 Å². The zero-order valence-electron chi connectivity index (χ0n) is 13.8. The molecule has 0 aliphatic heterocycles. The summed E-state index contributed by atoms with van der Waals surface area (Å²) in [4.78, 5) is 27.5. The lowest BCUT2D eigenvalue weighted by Crippen LogP contribution is -2.44. The summed E-state index contributed by atoms with van der Waals surface area (Å²) in [5.41, 5.74) is 0.162. The van der Waals surface area contributed by atoms with E-state index in [0.717, 1.165) is 10.9 Å². The number of aliphatic carboxylic acids is 1. The van der Waals surface area contributed by atoms with E-state index in [1.54, 1.807) is 20.8 Å². The summed E-state index contributed by atoms with van der Waals surface area (Å²) in [6, 6.07) is 10.4. The highest BCUT2D eigenvalue weighted by atomic mass is 32.2. The Bertz CT molecular complexity index is 743. The Labute approximate surface area is 144 Å². The standard InChI is InChI=1S/C17H20N2O4S/c1-17(2,3)23-16(22)19-13(15(20)21)10-24-14-9-8-11-6-4-5-7-12(11)18-14/h4-9,13H,10H2,1-3H3,(H,19,22)(H,20,21)/t13-/m1/s1. The van der Waals surface area contributed by atoms with Gasteiger partial charge < -0.3 is 15.2 Å². The Morgan fingerprint density at radius 1 is 1.25 bits per heavy atom. The summed E-state index contributed by atoms with van der Waals surface area (Å²) in [7, 11) is 0. The smallest absolute Gasteiger partial charge is 0.408 e. The minimum Gasteiger partial charge on any atom is -0.480 e. The third kappa shape index (κ3) is 5.42. The van der Waals surface area contributed by atoms with E-state index >= 15 is 0 Å². The number of carbonyl (C=O) groups excluding carboxylic acids is 1. The largest absolute Gasteiger partial charge is 0.480 e. The Hall–Kier alpha value is -2.28. The molecule has 2 rings (SSSR count). The fraction of sp³-hybridized carbons (Fsp3) is 0.353. The molecule has 6 nitrogen and oxygen atoms in total. The molecular weight excluding hydrogens is 328 g/mol. The van der Waals surface area contributed by atoms with E-state index < -0.39 is 23.7 Å². The number of alkyl carbamates (subject to hydrolysis) is 1. The van der Waals surface area contributed by atoms with Gasteiger partial charge in [0.25, 0.3) is 0 Å². The van der Waals surface area contributed by atoms with Crippen molar-refractivity contribution in [1.29, 1.82) is 0 Å². The lowest BCUT2D eigenvalue weighted by molar-refractivity contribution is -0.138. The van der Waals surface area contributed by atoms with Crippen LogP contribution in [0.3, 0.4) is 0 Å². The summed E-state index contributed by atoms with van der Waals surface area (Å²) in [6.45, 7) is 5.16. The van der Waals surface area contributed by atoms with Crippen molar-refractivity contribution in [2.45, 2.75) is 37.4 Å². The lowest BCUT2D eigenvalue weighted by atomic mass is 10.2. The van der Waals surface area contributed by atoms with Crippen LogP contribution in [-0.4, -0.2) is 39.5 Å². The second-order valence-corrected chi connectivity index (χ2v) is 7.23. The number of thioether (sulfide) groups is 1. The summed E-state index contributed by atoms with van der Waals surface area (Å²) >= 11 is 1.27. The number of rotatable bonds is 5. The predicted molar refractivity (Wildman–Crippen MR) is 93.3 cm³/mol. The number of hydrogen-bond donors (Lipinski definition) is 2. The van der Waals surface area contributed by atoms with Gasteiger partial charge in [0.2, 0.25) is 0 Å². The number of benzene rings is 1. The van der Waals surface area contributed by atoms with E-state index in [1.165, 1.54) is 11.8 Å². The average Bonchev–Trinajstić information content (AvgIpc) is 2.49. The molecule has 0 fully saturated rings. The highest BCUT2D eigenvalue weighted by Crippen LogP contribution is 2.20. The van der Waals surface area contributed by atoms with Crippen molar-refractivity contribution >= 4 is 34.7 Å². The summed E-state index contributed by atoms with van der Waals surface area (Å²) in [5, 5.41) is 13.4. The van der Waals surface area contributed by atoms with Gasteiger partial charge in [-0.3, -0.25) is 0 Å². The highest BCUT2D eigenvalue weighted by molar-refractivity contribution is 7.99. The van der Waals surface area contributed by atoms with Crippen LogP contribution in [0.1, 0.15) is 20.8 Å². The zero-order chi connectivity index (χ0) is 17.7. The van der Waals surface area contributed by atoms with Gasteiger partial charge in [-0.1, -0.05) is 24.3 Å². The number of hydrogen-bond acceptors (Lipinski definition) is 5. The number of nitrogens with zero attached hydrogens (tertiary/aromatic N) is 1. The first-order valence-electron chi connectivity index (χ1n) is 7.45. The van der Waals surface area contributed by atoms with E-state index in [4.69, 9.17) is 4.74 Å². The Balaban J connectivity index is 1.99. The van der Waals surface area contributed by atoms with Gasteiger partial charge in [0.15, 0.2) is 0 Å². The summed E-state index contributed by atoms with van der Waals surface area (Å²) in [6.07, 6.45) is -0.748. The SMILES string of the molecule is CC(C)(C)OC(=O)N[C@H](CSc1ccc2ccccc2n1)C(=O)O. The van der Waals surface area contributed by atoms with E-state index in [1.807, 2.05) is 36.4 Å². The monoisotopic (exact) mass is 348 g/mol. The van der Waals surface area contributed by atoms with Crippen LogP contribution in [0.5, 0.6) is 0 Å². The predicted octanol–water partition coefficient (Wildman–Crippen LogP) is 3.30. The van der Waals surface area contributed by atoms with Gasteiger partial charge in [0, 0.05) is 11.1 Å². The van der Waals surface area contributed by atoms with Crippen molar-refractivity contribution in [2.75, 3.05) is 5.75 Å². The Morgan fingerprint density at radius 2 is 1.96 bits per heavy atom. The number of carboxylic acids is 1. The number of amides is 1. The fourth-order valence-corrected chi connectivity index (χ4v) is 2.81. The maximum absolute atomic E-state index is 11.7. The van der Waals surface area contributed by atoms with Crippen LogP contribution in [0, 0.1) is 0 Å². The number of pyridine rings is 1. The third-order valence-electron chi connectivity index (χ3n) is 2.96. The molecule has 0 aliphatic rings. The number of ether oxygens (including phenoxy) is 1. The van der Waals surface area contributed by atoms with Crippen LogP contribution >= 0.6 is 11.8 Å². The Morgan fingerprint density at radius 3 is 2.62 bits per heavy atom. The minimum absolute atomic E-state index is 0.153. The van der Waals surface area contributed by atoms with Gasteiger partial charge in [-0.05, 0) is 32.9 Å². The molecule has 0 unspecified atom stereocenters. The molecule has 128 valence electrons. The maximum atomic E-state index is 11.7. The van der Waals surface area contributed by atoms with Crippen LogP contribution < -0.4 is 5.32 Å². The first-order valence-corrected chi connectivity index (χ1v) is 8.44. The van der Waals surface area contributed by atoms with Gasteiger partial charge in [-0.25, -0.2) is 14.6 Å². The van der Waals surface area contributed by atoms with E-state index in [9.17, 15) is 14.7 Å². The number of aromatic nitrogens is 1. The second-order valence-electron chi connectivity index (χ2n) is 6.19. The topological polar surface area (TPSA) is 88.5 Å². The molecule has 0 saturated heterocycles. The van der Waals surface area contributed by atoms with Crippen LogP contribution in [0.15, 0.2) is 41.4 Å². The van der Waals surface area contributed by atoms with Crippen molar-refractivity contribution in [3.63, 3.8) is 0 Å². The quantitative estimate of drug-likeness (QED) is 0.806. The molecule has 0 aliphatic carbocycles. The molecule has 0 spiro atoms. The summed E-state index contributed by atoms with van der Waals surface area (Å²) < 4.78 is 5.09. The second kappa shape index (κ2) is 7.53. The molecule has 0 radical (unpaired) electrons. The van der Waals surface area contributed by atoms with Crippen molar-refractivity contribution in [2.24, 2.45) is 0 Å². The molecule has 1 aromatic carbocycles. The third-order valence-corrected chi connectivity index (χ3v) is 3.98. The first kappa shape index (κ1) is 18.1. The van der Waals surface area contributed by atoms with Crippen molar-refractivity contribution in [1.82, 2.24) is 10.3 Å². The molecular formula is C17H20N2O4S. The van der Waals surface area contributed by atoms with Crippen LogP contribution in [0.4, 0.5) is 4.79 Å². The van der Waals surface area contributed by atoms with Gasteiger partial charge in [0.1, 0.15) is 11.6 Å². The molecule has 1 heterocycles. The molecule has 2 N–H and O–H groups in total. The molecule has 0 saturated carbocycles. The Kier molecular flexibility index (Phi) is 5.66. The number of carboxylic acid groups (broad SMARTS) is 1. The van der Waals surface area contributed by atoms with Crippen molar-refractivity contribution in [3.05, 3.63) is 36.4 Å². The molecule has 1 atom stereocenters. The zero-order valence-corrected chi connectivity index (χ0v) is 14.6. The van der Waals surface area contributed by atoms with Gasteiger partial charge in [0.05, 0.1) is 10.5 Å². The van der Waals surface area contributed by atoms with E-state index in [2.05, 4.69) is 10.3 Å². The number of para-hydroxylation sites is 1. The van der Waals surface area contributed by atoms with E-state index in [0.29, 0.717) is 5.03 Å². The summed E-state index contributed by atoms with van der Waals surface area (Å²) in [5.74, 6) is -0.964. The van der Waals surface area contributed by atoms with Crippen LogP contribution in [0.2, 0.25) is 0 Å². The maximum Gasteiger partial charge on any atom is 0.408 e. The molecule has 1 amide bonds. The normalized spacial score (nSPS) is 12.6. The average molecular weight is 348 g/mol. The number of carbonyl (C=O) groups is 2. The molecule has 0 bridgehead atoms. The molecule has 2 aromatic rings. The highest BCUT2D eigenvalue weighted by Gasteiger charge is 2.24. The van der Waals surface area contributed by atoms with Gasteiger partial charge >= 0.3 is 12.1 Å². The lowest BCUT2D eigenvalue weighted by Gasteiger charge is -2.21. The molecule has 1 aromatic heterocycles. The van der Waals surface area contributed by atoms with Gasteiger partial charge in [-0.15, -0.1) is 11.8 Å². The van der Waals surface area contributed by atoms with Crippen LogP contribution in [-0.2, 0) is 9.53 Å². The number of fused-ring (bicyclic) bond motifs is 1. The van der Waals surface area contributed by atoms with E-state index in [-0.39, 0.29) is 5.75 Å². The van der Waals surface area contributed by atoms with Crippen molar-refractivity contribution in [3.8, 4) is 0 Å². The number of nitrogens with one attached hydrogen (secondary N) is 1. The fourth-order valence-electron chi connectivity index (χ4n) is 1.92. The van der Waals surface area contributed by atoms with Crippen molar-refractivity contribution < 1.29 is 19.4 Å². The molecule has 7 heteroatoms. The first-order chi connectivity index (χ1) is 11.2. The molecule has 24 heavy (non-hydrogen) atoms. The van der Waals surface area contributed by atoms with Gasteiger partial charge in [-0.2, -0.15) is 0 Å².